The third kappa shape index (κ3) is 5.40. The van der Waals surface area contributed by atoms with Crippen LogP contribution in [0.5, 0.6) is 0 Å². The Hall–Kier alpha value is -3.74. The molecule has 0 atom stereocenters. The highest BCUT2D eigenvalue weighted by Crippen LogP contribution is 2.28. The smallest absolute Gasteiger partial charge is 0.254 e. The molecule has 0 aliphatic carbocycles. The zero-order valence-corrected chi connectivity index (χ0v) is 22.2. The van der Waals surface area contributed by atoms with E-state index in [2.05, 4.69) is 24.3 Å². The van der Waals surface area contributed by atoms with Crippen LogP contribution >= 0.6 is 0 Å². The van der Waals surface area contributed by atoms with E-state index in [1.54, 1.807) is 4.90 Å². The summed E-state index contributed by atoms with van der Waals surface area (Å²) in [7, 11) is 1.84. The van der Waals surface area contributed by atoms with Gasteiger partial charge >= 0.3 is 0 Å². The molecule has 0 spiro atoms. The maximum atomic E-state index is 13.8. The van der Waals surface area contributed by atoms with Crippen molar-refractivity contribution in [3.8, 4) is 11.4 Å². The fourth-order valence-electron chi connectivity index (χ4n) is 4.45. The summed E-state index contributed by atoms with van der Waals surface area (Å²) in [5.74, 6) is -0.0492. The molecule has 3 heterocycles. The number of anilines is 1. The molecule has 1 amide bonds. The molecule has 0 saturated carbocycles. The van der Waals surface area contributed by atoms with Gasteiger partial charge in [0.2, 0.25) is 0 Å². The van der Waals surface area contributed by atoms with E-state index < -0.39 is 0 Å². The predicted molar refractivity (Wildman–Crippen MR) is 146 cm³/mol. The zero-order chi connectivity index (χ0) is 25.8. The van der Waals surface area contributed by atoms with Crippen molar-refractivity contribution in [3.63, 3.8) is 0 Å². The van der Waals surface area contributed by atoms with Gasteiger partial charge < -0.3 is 10.2 Å². The van der Waals surface area contributed by atoms with Crippen molar-refractivity contribution < 1.29 is 4.79 Å². The number of carbonyl (C=O) groups excluding carboxylic acids is 1. The number of nitrogens with zero attached hydrogens (tertiary/aromatic N) is 5. The number of unbranched alkanes of at least 4 members (excludes halogenated alkanes) is 1. The SMILES string of the molecule is CCCCNc1cc(C)nc(-c2cc(C(=O)N(C)Cc3cnn(CC)c3C)c3cc(C)ccc3n2)c1. The third-order valence-corrected chi connectivity index (χ3v) is 6.53. The summed E-state index contributed by atoms with van der Waals surface area (Å²) < 4.78 is 1.95. The normalized spacial score (nSPS) is 11.2. The molecule has 0 fully saturated rings. The summed E-state index contributed by atoms with van der Waals surface area (Å²) in [4.78, 5) is 25.2. The van der Waals surface area contributed by atoms with Crippen LogP contribution in [-0.2, 0) is 13.1 Å². The van der Waals surface area contributed by atoms with Crippen LogP contribution in [0.4, 0.5) is 5.69 Å². The molecule has 1 N–H and O–H groups in total. The van der Waals surface area contributed by atoms with Crippen LogP contribution in [0.3, 0.4) is 0 Å². The second-order valence-corrected chi connectivity index (χ2v) is 9.47. The van der Waals surface area contributed by atoms with E-state index in [4.69, 9.17) is 9.97 Å². The molecular formula is C29H36N6O. The van der Waals surface area contributed by atoms with E-state index in [9.17, 15) is 4.79 Å². The largest absolute Gasteiger partial charge is 0.385 e. The van der Waals surface area contributed by atoms with Crippen molar-refractivity contribution in [3.05, 3.63) is 70.7 Å². The van der Waals surface area contributed by atoms with Crippen LogP contribution in [0.1, 0.15) is 59.6 Å². The number of aryl methyl sites for hydroxylation is 3. The van der Waals surface area contributed by atoms with Crippen molar-refractivity contribution in [2.24, 2.45) is 0 Å². The van der Waals surface area contributed by atoms with Crippen LogP contribution in [0.2, 0.25) is 0 Å². The van der Waals surface area contributed by atoms with Gasteiger partial charge in [-0.3, -0.25) is 14.5 Å². The summed E-state index contributed by atoms with van der Waals surface area (Å²) >= 11 is 0. The quantitative estimate of drug-likeness (QED) is 0.298. The zero-order valence-electron chi connectivity index (χ0n) is 22.2. The van der Waals surface area contributed by atoms with Gasteiger partial charge in [-0.1, -0.05) is 25.0 Å². The van der Waals surface area contributed by atoms with Crippen molar-refractivity contribution in [1.29, 1.82) is 0 Å². The van der Waals surface area contributed by atoms with E-state index in [1.807, 2.05) is 75.1 Å². The van der Waals surface area contributed by atoms with Crippen molar-refractivity contribution in [2.75, 3.05) is 18.9 Å². The average Bonchev–Trinajstić information content (AvgIpc) is 3.21. The van der Waals surface area contributed by atoms with Crippen LogP contribution < -0.4 is 5.32 Å². The molecule has 188 valence electrons. The maximum Gasteiger partial charge on any atom is 0.254 e. The molecule has 0 aliphatic rings. The minimum Gasteiger partial charge on any atom is -0.385 e. The Labute approximate surface area is 213 Å². The second-order valence-electron chi connectivity index (χ2n) is 9.47. The fraction of sp³-hybridized carbons (Fsp3) is 0.379. The van der Waals surface area contributed by atoms with E-state index in [0.29, 0.717) is 17.8 Å². The summed E-state index contributed by atoms with van der Waals surface area (Å²) in [5, 5.41) is 8.77. The van der Waals surface area contributed by atoms with Gasteiger partial charge in [-0.2, -0.15) is 5.10 Å². The van der Waals surface area contributed by atoms with Gasteiger partial charge in [0.05, 0.1) is 28.7 Å². The highest BCUT2D eigenvalue weighted by Gasteiger charge is 2.20. The van der Waals surface area contributed by atoms with Crippen LogP contribution in [0, 0.1) is 20.8 Å². The minimum absolute atomic E-state index is 0.0492. The first-order valence-corrected chi connectivity index (χ1v) is 12.7. The molecule has 7 heteroatoms. The maximum absolute atomic E-state index is 13.8. The number of rotatable bonds is 9. The van der Waals surface area contributed by atoms with Crippen molar-refractivity contribution in [1.82, 2.24) is 24.6 Å². The first kappa shape index (κ1) is 25.4. The number of nitrogens with one attached hydrogen (secondary N) is 1. The number of benzene rings is 1. The first-order chi connectivity index (χ1) is 17.3. The molecule has 0 aliphatic heterocycles. The van der Waals surface area contributed by atoms with E-state index >= 15 is 0 Å². The lowest BCUT2D eigenvalue weighted by molar-refractivity contribution is 0.0787. The van der Waals surface area contributed by atoms with Gasteiger partial charge in [0.1, 0.15) is 0 Å². The lowest BCUT2D eigenvalue weighted by Crippen LogP contribution is -2.27. The Morgan fingerprint density at radius 1 is 1.03 bits per heavy atom. The van der Waals surface area contributed by atoms with Crippen LogP contribution in [0.25, 0.3) is 22.3 Å². The second kappa shape index (κ2) is 10.9. The van der Waals surface area contributed by atoms with Gasteiger partial charge in [-0.25, -0.2) is 4.98 Å². The summed E-state index contributed by atoms with van der Waals surface area (Å²) in [6.07, 6.45) is 4.09. The van der Waals surface area contributed by atoms with E-state index in [1.165, 1.54) is 0 Å². The van der Waals surface area contributed by atoms with Gasteiger partial charge in [-0.15, -0.1) is 0 Å². The Balaban J connectivity index is 1.74. The lowest BCUT2D eigenvalue weighted by Gasteiger charge is -2.19. The first-order valence-electron chi connectivity index (χ1n) is 12.7. The van der Waals surface area contributed by atoms with Gasteiger partial charge in [-0.05, 0) is 64.4 Å². The van der Waals surface area contributed by atoms with E-state index in [-0.39, 0.29) is 5.91 Å². The summed E-state index contributed by atoms with van der Waals surface area (Å²) in [6.45, 7) is 12.5. The number of fused-ring (bicyclic) bond motifs is 1. The van der Waals surface area contributed by atoms with Crippen LogP contribution in [0.15, 0.2) is 42.6 Å². The standard InChI is InChI=1S/C29H36N6O/c1-7-9-12-30-23-14-20(4)32-27(15-23)28-16-25(24-13-19(3)10-11-26(24)33-28)29(36)34(6)18-22-17-31-35(8-2)21(22)5/h10-11,13-17H,7-9,12,18H2,1-6H3,(H,30,32). The predicted octanol–water partition coefficient (Wildman–Crippen LogP) is 5.92. The molecular weight excluding hydrogens is 448 g/mol. The van der Waals surface area contributed by atoms with Crippen molar-refractivity contribution in [2.45, 2.75) is 60.5 Å². The number of pyridine rings is 2. The van der Waals surface area contributed by atoms with Gasteiger partial charge in [0.25, 0.3) is 5.91 Å². The monoisotopic (exact) mass is 484 g/mol. The highest BCUT2D eigenvalue weighted by atomic mass is 16.2. The summed E-state index contributed by atoms with van der Waals surface area (Å²) in [6, 6.07) is 12.0. The molecule has 4 rings (SSSR count). The molecule has 36 heavy (non-hydrogen) atoms. The third-order valence-electron chi connectivity index (χ3n) is 6.53. The molecule has 7 nitrogen and oxygen atoms in total. The number of hydrogen-bond acceptors (Lipinski definition) is 5. The van der Waals surface area contributed by atoms with E-state index in [0.717, 1.165) is 70.7 Å². The molecule has 0 radical (unpaired) electrons. The number of hydrogen-bond donors (Lipinski definition) is 1. The molecule has 1 aromatic carbocycles. The Morgan fingerprint density at radius 2 is 1.81 bits per heavy atom. The number of carbonyl (C=O) groups is 1. The average molecular weight is 485 g/mol. The van der Waals surface area contributed by atoms with Gasteiger partial charge in [0, 0.05) is 54.7 Å². The Bertz CT molecular complexity index is 1390. The fourth-order valence-corrected chi connectivity index (χ4v) is 4.45. The van der Waals surface area contributed by atoms with Crippen molar-refractivity contribution >= 4 is 22.5 Å². The molecule has 3 aromatic heterocycles. The van der Waals surface area contributed by atoms with Crippen LogP contribution in [-0.4, -0.2) is 44.1 Å². The number of amides is 1. The summed E-state index contributed by atoms with van der Waals surface area (Å²) in [5.41, 5.74) is 8.01. The molecule has 4 aromatic rings. The van der Waals surface area contributed by atoms with Gasteiger partial charge in [0.15, 0.2) is 0 Å². The topological polar surface area (TPSA) is 75.9 Å². The Kier molecular flexibility index (Phi) is 7.67. The number of aromatic nitrogens is 4. The Morgan fingerprint density at radius 3 is 2.53 bits per heavy atom. The highest BCUT2D eigenvalue weighted by molar-refractivity contribution is 6.07. The lowest BCUT2D eigenvalue weighted by atomic mass is 10.0. The molecule has 0 saturated heterocycles. The minimum atomic E-state index is -0.0492. The molecule has 0 bridgehead atoms. The molecule has 0 unspecified atom stereocenters.